The number of aromatic nitrogens is 3. The molecule has 2 aromatic heterocycles. The van der Waals surface area contributed by atoms with Crippen LogP contribution < -0.4 is 15.4 Å². The molecule has 12 heteroatoms. The highest BCUT2D eigenvalue weighted by Gasteiger charge is 2.45. The molecule has 0 saturated carbocycles. The number of rotatable bonds is 9. The standard InChI is InChI=1S/C26H33N5O7/c1-14(2)20-18(24(31-30-20)38-25-23(35)22(34)21(33)19(13-32)37-25)10-15-5-7-17(8-6-15)29-26(36)28-12-16-4-3-9-27-11-16/h3-9,11,14,19,21-23,25,32-35H,10,12-13H2,1-2H3,(H,30,31)(H2,28,29,36)/t19-,21-,22+,23-,25+/m1/s1. The van der Waals surface area contributed by atoms with Crippen LogP contribution >= 0.6 is 0 Å². The molecule has 0 spiro atoms. The van der Waals surface area contributed by atoms with E-state index in [4.69, 9.17) is 9.47 Å². The number of aliphatic hydroxyl groups excluding tert-OH is 4. The van der Waals surface area contributed by atoms with Crippen molar-refractivity contribution in [3.8, 4) is 5.88 Å². The maximum atomic E-state index is 12.2. The summed E-state index contributed by atoms with van der Waals surface area (Å²) in [5.41, 5.74) is 3.97. The van der Waals surface area contributed by atoms with Crippen molar-refractivity contribution in [1.29, 1.82) is 0 Å². The van der Waals surface area contributed by atoms with Gasteiger partial charge in [0.05, 0.1) is 6.61 Å². The molecule has 3 heterocycles. The summed E-state index contributed by atoms with van der Waals surface area (Å²) >= 11 is 0. The highest BCUT2D eigenvalue weighted by Crippen LogP contribution is 2.31. The van der Waals surface area contributed by atoms with E-state index in [-0.39, 0.29) is 17.8 Å². The Kier molecular flexibility index (Phi) is 8.92. The molecule has 3 aromatic rings. The minimum absolute atomic E-state index is 0.0779. The summed E-state index contributed by atoms with van der Waals surface area (Å²) in [4.78, 5) is 16.3. The maximum absolute atomic E-state index is 12.2. The highest BCUT2D eigenvalue weighted by atomic mass is 16.7. The Hall–Kier alpha value is -3.55. The third-order valence-electron chi connectivity index (χ3n) is 6.28. The van der Waals surface area contributed by atoms with Crippen molar-refractivity contribution in [2.24, 2.45) is 0 Å². The van der Waals surface area contributed by atoms with Crippen LogP contribution in [-0.2, 0) is 17.7 Å². The molecular weight excluding hydrogens is 494 g/mol. The zero-order valence-electron chi connectivity index (χ0n) is 21.1. The first-order valence-corrected chi connectivity index (χ1v) is 12.3. The SMILES string of the molecule is CC(C)c1[nH]nc(O[C@@H]2O[C@H](CO)[C@@H](O)[C@H](O)[C@H]2O)c1Cc1ccc(NC(=O)NCc2cccnc2)cc1. The second-order valence-corrected chi connectivity index (χ2v) is 9.43. The first-order chi connectivity index (χ1) is 18.3. The Morgan fingerprint density at radius 3 is 2.53 bits per heavy atom. The lowest BCUT2D eigenvalue weighted by molar-refractivity contribution is -0.278. The van der Waals surface area contributed by atoms with E-state index in [1.807, 2.05) is 32.0 Å². The first kappa shape index (κ1) is 27.5. The van der Waals surface area contributed by atoms with E-state index in [1.54, 1.807) is 30.6 Å². The van der Waals surface area contributed by atoms with Crippen molar-refractivity contribution in [2.75, 3.05) is 11.9 Å². The monoisotopic (exact) mass is 527 g/mol. The van der Waals surface area contributed by atoms with Crippen LogP contribution in [0.4, 0.5) is 10.5 Å². The number of nitrogens with zero attached hydrogens (tertiary/aromatic N) is 2. The van der Waals surface area contributed by atoms with Gasteiger partial charge in [-0.1, -0.05) is 32.0 Å². The smallest absolute Gasteiger partial charge is 0.319 e. The van der Waals surface area contributed by atoms with Crippen LogP contribution in [-0.4, -0.2) is 79.0 Å². The molecule has 1 aliphatic rings. The lowest BCUT2D eigenvalue weighted by Gasteiger charge is -2.39. The van der Waals surface area contributed by atoms with Crippen LogP contribution in [0.3, 0.4) is 0 Å². The summed E-state index contributed by atoms with van der Waals surface area (Å²) in [6.07, 6.45) is -3.24. The molecule has 12 nitrogen and oxygen atoms in total. The number of hydrogen-bond donors (Lipinski definition) is 7. The molecule has 204 valence electrons. The van der Waals surface area contributed by atoms with Crippen molar-refractivity contribution in [3.63, 3.8) is 0 Å². The van der Waals surface area contributed by atoms with E-state index < -0.39 is 37.3 Å². The molecule has 1 saturated heterocycles. The van der Waals surface area contributed by atoms with Gasteiger partial charge in [0, 0.05) is 42.3 Å². The molecule has 5 atom stereocenters. The van der Waals surface area contributed by atoms with E-state index in [0.717, 1.165) is 22.4 Å². The number of nitrogens with one attached hydrogen (secondary N) is 3. The van der Waals surface area contributed by atoms with Crippen molar-refractivity contribution in [2.45, 2.75) is 63.4 Å². The molecule has 2 amide bonds. The Morgan fingerprint density at radius 2 is 1.87 bits per heavy atom. The summed E-state index contributed by atoms with van der Waals surface area (Å²) in [6, 6.07) is 10.6. The second kappa shape index (κ2) is 12.3. The van der Waals surface area contributed by atoms with Crippen LogP contribution in [0.1, 0.15) is 42.1 Å². The van der Waals surface area contributed by atoms with E-state index in [9.17, 15) is 25.2 Å². The lowest BCUT2D eigenvalue weighted by Crippen LogP contribution is -2.60. The number of pyridine rings is 1. The topological polar surface area (TPSA) is 182 Å². The van der Waals surface area contributed by atoms with Gasteiger partial charge in [0.15, 0.2) is 0 Å². The number of urea groups is 1. The van der Waals surface area contributed by atoms with Crippen LogP contribution in [0.15, 0.2) is 48.8 Å². The number of amides is 2. The molecular formula is C26H33N5O7. The van der Waals surface area contributed by atoms with Gasteiger partial charge in [-0.3, -0.25) is 10.1 Å². The van der Waals surface area contributed by atoms with Crippen LogP contribution in [0.25, 0.3) is 0 Å². The van der Waals surface area contributed by atoms with E-state index in [1.165, 1.54) is 0 Å². The fourth-order valence-electron chi connectivity index (χ4n) is 4.15. The summed E-state index contributed by atoms with van der Waals surface area (Å²) in [5.74, 6) is 0.254. The van der Waals surface area contributed by atoms with Crippen molar-refractivity contribution in [3.05, 3.63) is 71.2 Å². The highest BCUT2D eigenvalue weighted by molar-refractivity contribution is 5.89. The number of aromatic amines is 1. The van der Waals surface area contributed by atoms with Gasteiger partial charge >= 0.3 is 6.03 Å². The predicted molar refractivity (Wildman–Crippen MR) is 136 cm³/mol. The maximum Gasteiger partial charge on any atom is 0.319 e. The predicted octanol–water partition coefficient (Wildman–Crippen LogP) is 1.02. The number of ether oxygens (including phenoxy) is 2. The zero-order chi connectivity index (χ0) is 27.2. The molecule has 1 fully saturated rings. The second-order valence-electron chi connectivity index (χ2n) is 9.43. The van der Waals surface area contributed by atoms with Crippen LogP contribution in [0.5, 0.6) is 5.88 Å². The Balaban J connectivity index is 1.42. The van der Waals surface area contributed by atoms with E-state index in [0.29, 0.717) is 18.7 Å². The summed E-state index contributed by atoms with van der Waals surface area (Å²) in [5, 5.41) is 52.7. The quantitative estimate of drug-likeness (QED) is 0.214. The lowest BCUT2D eigenvalue weighted by atomic mass is 9.98. The minimum Gasteiger partial charge on any atom is -0.443 e. The van der Waals surface area contributed by atoms with Gasteiger partial charge < -0.3 is 40.5 Å². The molecule has 0 aliphatic carbocycles. The van der Waals surface area contributed by atoms with Gasteiger partial charge in [0.2, 0.25) is 12.2 Å². The average Bonchev–Trinajstić information content (AvgIpc) is 3.31. The Bertz CT molecular complexity index is 1190. The van der Waals surface area contributed by atoms with Crippen LogP contribution in [0, 0.1) is 0 Å². The molecule has 38 heavy (non-hydrogen) atoms. The fraction of sp³-hybridized carbons (Fsp3) is 0.423. The Morgan fingerprint density at radius 1 is 1.11 bits per heavy atom. The minimum atomic E-state index is -1.56. The number of hydrogen-bond acceptors (Lipinski definition) is 9. The zero-order valence-corrected chi connectivity index (χ0v) is 21.1. The fourth-order valence-corrected chi connectivity index (χ4v) is 4.15. The number of aliphatic hydroxyl groups is 4. The normalized spacial score (nSPS) is 23.3. The third kappa shape index (κ3) is 6.47. The van der Waals surface area contributed by atoms with Crippen molar-refractivity contribution < 1.29 is 34.7 Å². The third-order valence-corrected chi connectivity index (χ3v) is 6.28. The largest absolute Gasteiger partial charge is 0.443 e. The molecule has 4 rings (SSSR count). The molecule has 1 aliphatic heterocycles. The Labute approximate surface area is 219 Å². The number of anilines is 1. The number of benzene rings is 1. The van der Waals surface area contributed by atoms with Gasteiger partial charge in [-0.2, -0.15) is 0 Å². The van der Waals surface area contributed by atoms with Crippen molar-refractivity contribution >= 4 is 11.7 Å². The van der Waals surface area contributed by atoms with Gasteiger partial charge in [-0.25, -0.2) is 4.79 Å². The number of carbonyl (C=O) groups is 1. The molecule has 0 bridgehead atoms. The summed E-state index contributed by atoms with van der Waals surface area (Å²) in [7, 11) is 0. The van der Waals surface area contributed by atoms with Gasteiger partial charge in [-0.15, -0.1) is 5.10 Å². The molecule has 0 unspecified atom stereocenters. The average molecular weight is 528 g/mol. The van der Waals surface area contributed by atoms with E-state index >= 15 is 0 Å². The molecule has 7 N–H and O–H groups in total. The molecule has 1 aromatic carbocycles. The van der Waals surface area contributed by atoms with E-state index in [2.05, 4.69) is 25.8 Å². The van der Waals surface area contributed by atoms with Crippen molar-refractivity contribution in [1.82, 2.24) is 20.5 Å². The van der Waals surface area contributed by atoms with Gasteiger partial charge in [0.1, 0.15) is 24.4 Å². The van der Waals surface area contributed by atoms with Gasteiger partial charge in [-0.05, 0) is 35.2 Å². The van der Waals surface area contributed by atoms with Gasteiger partial charge in [0.25, 0.3) is 0 Å². The number of carbonyl (C=O) groups excluding carboxylic acids is 1. The van der Waals surface area contributed by atoms with Crippen LogP contribution in [0.2, 0.25) is 0 Å². The first-order valence-electron chi connectivity index (χ1n) is 12.3. The summed E-state index contributed by atoms with van der Waals surface area (Å²) in [6.45, 7) is 3.78. The molecule has 0 radical (unpaired) electrons. The summed E-state index contributed by atoms with van der Waals surface area (Å²) < 4.78 is 11.3. The number of H-pyrrole nitrogens is 1.